The molecule has 2 N–H and O–H groups in total. The highest BCUT2D eigenvalue weighted by Crippen LogP contribution is 2.53. The summed E-state index contributed by atoms with van der Waals surface area (Å²) in [5.41, 5.74) is 0. The van der Waals surface area contributed by atoms with E-state index in [4.69, 9.17) is 0 Å². The molecule has 0 radical (unpaired) electrons. The summed E-state index contributed by atoms with van der Waals surface area (Å²) in [5.74, 6) is -5.24. The van der Waals surface area contributed by atoms with Gasteiger partial charge in [0.2, 0.25) is 11.8 Å². The predicted molar refractivity (Wildman–Crippen MR) is 96.3 cm³/mol. The van der Waals surface area contributed by atoms with Crippen LogP contribution in [0.2, 0.25) is 0 Å². The van der Waals surface area contributed by atoms with E-state index in [0.717, 1.165) is 38.5 Å². The third-order valence-corrected chi connectivity index (χ3v) is 7.95. The molecular weight excluding hydrogens is 376 g/mol. The standard InChI is InChI=1S/C21H30N2O6/c1-9(23-19(25)15-11-3-5-13(7-11)17(15)21(28)29)8-22-18(24)14-10-2-4-12(6-10)16(14)20(26)27/h9-17H,2-8H2,1H3,(H,22,24)(H,23,25)(H,26,27)(H,28,29)/p-2/t9-,10-,11-,12+,13+,14-,15-,16+,17+/m1/s1. The molecule has 4 rings (SSSR count). The van der Waals surface area contributed by atoms with Crippen LogP contribution in [0.5, 0.6) is 0 Å². The Hall–Kier alpha value is -2.12. The predicted octanol–water partition coefficient (Wildman–Crippen LogP) is -1.57. The first-order valence-corrected chi connectivity index (χ1v) is 10.8. The second kappa shape index (κ2) is 7.61. The van der Waals surface area contributed by atoms with Crippen LogP contribution in [0, 0.1) is 47.3 Å². The van der Waals surface area contributed by atoms with E-state index < -0.39 is 35.6 Å². The largest absolute Gasteiger partial charge is 0.550 e. The van der Waals surface area contributed by atoms with Crippen molar-refractivity contribution in [2.45, 2.75) is 51.5 Å². The molecule has 8 nitrogen and oxygen atoms in total. The van der Waals surface area contributed by atoms with Crippen molar-refractivity contribution in [3.05, 3.63) is 0 Å². The Kier molecular flexibility index (Phi) is 5.29. The van der Waals surface area contributed by atoms with Gasteiger partial charge < -0.3 is 30.4 Å². The van der Waals surface area contributed by atoms with Gasteiger partial charge in [0.25, 0.3) is 0 Å². The van der Waals surface area contributed by atoms with Gasteiger partial charge in [-0.15, -0.1) is 0 Å². The van der Waals surface area contributed by atoms with Gasteiger partial charge in [0.05, 0.1) is 0 Å². The Balaban J connectivity index is 1.30. The normalized spacial score (nSPS) is 40.6. The first-order valence-electron chi connectivity index (χ1n) is 10.8. The molecule has 0 aliphatic heterocycles. The number of carboxylic acids is 2. The summed E-state index contributed by atoms with van der Waals surface area (Å²) in [4.78, 5) is 48.3. The first-order chi connectivity index (χ1) is 13.8. The number of carbonyl (C=O) groups excluding carboxylic acids is 4. The molecule has 2 amide bonds. The number of hydrogen-bond donors (Lipinski definition) is 2. The van der Waals surface area contributed by atoms with Crippen LogP contribution < -0.4 is 20.8 Å². The fourth-order valence-corrected chi connectivity index (χ4v) is 6.78. The van der Waals surface area contributed by atoms with Gasteiger partial charge in [-0.05, 0) is 69.1 Å². The lowest BCUT2D eigenvalue weighted by molar-refractivity contribution is -0.315. The zero-order chi connectivity index (χ0) is 20.9. The minimum Gasteiger partial charge on any atom is -0.550 e. The zero-order valence-electron chi connectivity index (χ0n) is 16.6. The number of rotatable bonds is 7. The zero-order valence-corrected chi connectivity index (χ0v) is 16.6. The second-order valence-corrected chi connectivity index (χ2v) is 9.56. The number of fused-ring (bicyclic) bond motifs is 4. The maximum atomic E-state index is 12.7. The Morgan fingerprint density at radius 3 is 1.62 bits per heavy atom. The van der Waals surface area contributed by atoms with Crippen LogP contribution in [-0.2, 0) is 19.2 Å². The fourth-order valence-electron chi connectivity index (χ4n) is 6.78. The summed E-state index contributed by atoms with van der Waals surface area (Å²) in [6.07, 6.45) is 4.93. The molecule has 8 heteroatoms. The minimum absolute atomic E-state index is 0.0232. The quantitative estimate of drug-likeness (QED) is 0.526. The number of nitrogens with one attached hydrogen (secondary N) is 2. The molecule has 4 fully saturated rings. The third kappa shape index (κ3) is 3.51. The smallest absolute Gasteiger partial charge is 0.224 e. The summed E-state index contributed by atoms with van der Waals surface area (Å²) in [7, 11) is 0. The van der Waals surface area contributed by atoms with Crippen LogP contribution in [-0.4, -0.2) is 36.3 Å². The van der Waals surface area contributed by atoms with Gasteiger partial charge in [-0.25, -0.2) is 0 Å². The molecule has 0 spiro atoms. The van der Waals surface area contributed by atoms with Crippen molar-refractivity contribution in [3.8, 4) is 0 Å². The highest BCUT2D eigenvalue weighted by Gasteiger charge is 2.52. The molecule has 0 unspecified atom stereocenters. The van der Waals surface area contributed by atoms with Crippen LogP contribution in [0.15, 0.2) is 0 Å². The van der Waals surface area contributed by atoms with Crippen molar-refractivity contribution in [3.63, 3.8) is 0 Å². The lowest BCUT2D eigenvalue weighted by Gasteiger charge is -2.32. The van der Waals surface area contributed by atoms with Crippen molar-refractivity contribution in [1.82, 2.24) is 10.6 Å². The van der Waals surface area contributed by atoms with E-state index >= 15 is 0 Å². The van der Waals surface area contributed by atoms with Gasteiger partial charge in [-0.3, -0.25) is 9.59 Å². The molecular formula is C21H28N2O6-2. The molecule has 4 bridgehead atoms. The van der Waals surface area contributed by atoms with Crippen LogP contribution >= 0.6 is 0 Å². The van der Waals surface area contributed by atoms with Crippen molar-refractivity contribution < 1.29 is 29.4 Å². The molecule has 29 heavy (non-hydrogen) atoms. The number of carboxylic acid groups (broad SMARTS) is 2. The number of hydrogen-bond acceptors (Lipinski definition) is 6. The highest BCUT2D eigenvalue weighted by atomic mass is 16.4. The van der Waals surface area contributed by atoms with Crippen LogP contribution in [0.1, 0.15) is 45.4 Å². The summed E-state index contributed by atoms with van der Waals surface area (Å²) in [5, 5.41) is 28.6. The van der Waals surface area contributed by atoms with E-state index in [2.05, 4.69) is 10.6 Å². The third-order valence-electron chi connectivity index (χ3n) is 7.95. The molecule has 4 aliphatic carbocycles. The Morgan fingerprint density at radius 2 is 1.17 bits per heavy atom. The topological polar surface area (TPSA) is 138 Å². The first kappa shape index (κ1) is 20.2. The molecule has 0 aromatic carbocycles. The summed E-state index contributed by atoms with van der Waals surface area (Å²) in [6.45, 7) is 1.92. The van der Waals surface area contributed by atoms with E-state index in [9.17, 15) is 29.4 Å². The summed E-state index contributed by atoms with van der Waals surface area (Å²) < 4.78 is 0. The summed E-state index contributed by atoms with van der Waals surface area (Å²) in [6, 6.07) is -0.382. The molecule has 0 aromatic rings. The van der Waals surface area contributed by atoms with E-state index in [-0.39, 0.29) is 48.1 Å². The van der Waals surface area contributed by atoms with E-state index in [1.807, 2.05) is 0 Å². The van der Waals surface area contributed by atoms with Gasteiger partial charge in [-0.2, -0.15) is 0 Å². The van der Waals surface area contributed by atoms with Crippen LogP contribution in [0.4, 0.5) is 0 Å². The Labute approximate surface area is 169 Å². The van der Waals surface area contributed by atoms with E-state index in [1.165, 1.54) is 0 Å². The van der Waals surface area contributed by atoms with Gasteiger partial charge in [-0.1, -0.05) is 0 Å². The minimum atomic E-state index is -1.15. The van der Waals surface area contributed by atoms with Crippen molar-refractivity contribution in [2.24, 2.45) is 47.3 Å². The number of aliphatic carboxylic acids is 2. The molecule has 160 valence electrons. The van der Waals surface area contributed by atoms with Crippen molar-refractivity contribution >= 4 is 23.8 Å². The number of amides is 2. The van der Waals surface area contributed by atoms with Gasteiger partial charge in [0, 0.05) is 48.2 Å². The SMILES string of the molecule is C[C@H](CNC(=O)[C@@H]1[C@@H]2CC[C@@H](C2)[C@@H]1C(=O)[O-])NC(=O)[C@@H]1[C@@H]2CC[C@@H](C2)[C@@H]1C(=O)[O-]. The van der Waals surface area contributed by atoms with E-state index in [1.54, 1.807) is 6.92 Å². The maximum Gasteiger partial charge on any atom is 0.224 e. The van der Waals surface area contributed by atoms with Gasteiger partial charge in [0.1, 0.15) is 0 Å². The van der Waals surface area contributed by atoms with Crippen molar-refractivity contribution in [1.29, 1.82) is 0 Å². The lowest BCUT2D eigenvalue weighted by atomic mass is 9.78. The molecule has 4 saturated carbocycles. The van der Waals surface area contributed by atoms with Gasteiger partial charge in [0.15, 0.2) is 0 Å². The molecule has 4 aliphatic rings. The molecule has 0 saturated heterocycles. The Bertz CT molecular complexity index is 724. The average Bonchev–Trinajstić information content (AvgIpc) is 3.44. The van der Waals surface area contributed by atoms with E-state index in [0.29, 0.717) is 0 Å². The Morgan fingerprint density at radius 1 is 0.759 bits per heavy atom. The molecule has 0 aromatic heterocycles. The second-order valence-electron chi connectivity index (χ2n) is 9.56. The lowest BCUT2D eigenvalue weighted by Crippen LogP contribution is -2.51. The highest BCUT2D eigenvalue weighted by molar-refractivity contribution is 5.87. The maximum absolute atomic E-state index is 12.7. The average molecular weight is 404 g/mol. The summed E-state index contributed by atoms with van der Waals surface area (Å²) >= 11 is 0. The van der Waals surface area contributed by atoms with Crippen molar-refractivity contribution in [2.75, 3.05) is 6.54 Å². The number of carbonyl (C=O) groups is 4. The fraction of sp³-hybridized carbons (Fsp3) is 0.810. The van der Waals surface area contributed by atoms with Gasteiger partial charge >= 0.3 is 0 Å². The monoisotopic (exact) mass is 404 g/mol. The van der Waals surface area contributed by atoms with Crippen LogP contribution in [0.25, 0.3) is 0 Å². The molecule has 0 heterocycles. The molecule has 9 atom stereocenters. The van der Waals surface area contributed by atoms with Crippen LogP contribution in [0.3, 0.4) is 0 Å².